The fourth-order valence-electron chi connectivity index (χ4n) is 9.76. The maximum atomic E-state index is 2.48. The molecule has 4 saturated heterocycles. The van der Waals surface area contributed by atoms with Gasteiger partial charge in [-0.1, -0.05) is 48.5 Å². The van der Waals surface area contributed by atoms with Gasteiger partial charge in [-0.25, -0.2) is 0 Å². The van der Waals surface area contributed by atoms with Gasteiger partial charge in [-0.15, -0.1) is 0 Å². The summed E-state index contributed by atoms with van der Waals surface area (Å²) in [5, 5.41) is 0. The van der Waals surface area contributed by atoms with Crippen molar-refractivity contribution in [2.45, 2.75) is 103 Å². The standard InChI is InChI=1S/2C22H38N2/c1-23(14-3-4-15-23)18-8-12-21-10-7-11-22(20-21)13-9-19-24(2)16-5-6-17-24;1-23(15-3-4-16-23)19-7-9-21-11-13-22(14-12-21)10-8-20-24(2)17-5-6-18-24/h7,10-11,20H,3-6,8-9,12-19H2,1-2H3;11-14H,3-10,15-20H2,1-2H3/q2*+2. The largest absolute Gasteiger partial charge is 0.326 e. The lowest BCUT2D eigenvalue weighted by molar-refractivity contribution is -0.897. The molecule has 48 heavy (non-hydrogen) atoms. The van der Waals surface area contributed by atoms with Crippen molar-refractivity contribution in [3.05, 3.63) is 70.8 Å². The van der Waals surface area contributed by atoms with E-state index in [1.807, 2.05) is 0 Å². The fraction of sp³-hybridized carbons (Fsp3) is 0.727. The highest BCUT2D eigenvalue weighted by Crippen LogP contribution is 2.22. The highest BCUT2D eigenvalue weighted by molar-refractivity contribution is 5.24. The summed E-state index contributed by atoms with van der Waals surface area (Å²) in [5.74, 6) is 0. The minimum Gasteiger partial charge on any atom is -0.326 e. The average molecular weight is 661 g/mol. The maximum absolute atomic E-state index is 2.48. The van der Waals surface area contributed by atoms with Crippen LogP contribution in [0.4, 0.5) is 0 Å². The Labute approximate surface area is 297 Å². The maximum Gasteiger partial charge on any atom is 0.0787 e. The van der Waals surface area contributed by atoms with E-state index in [1.54, 1.807) is 11.1 Å². The van der Waals surface area contributed by atoms with Crippen molar-refractivity contribution in [1.82, 2.24) is 0 Å². The number of hydrogen-bond acceptors (Lipinski definition) is 0. The summed E-state index contributed by atoms with van der Waals surface area (Å²) in [4.78, 5) is 0. The molecule has 0 aromatic heterocycles. The van der Waals surface area contributed by atoms with Crippen LogP contribution in [-0.2, 0) is 25.7 Å². The van der Waals surface area contributed by atoms with E-state index < -0.39 is 0 Å². The SMILES string of the molecule is C[N+]1(CCCc2ccc(CCC[N+]3(C)CCCC3)cc2)CCCC1.C[N+]1(CCCc2cccc(CCC[N+]3(C)CCCC3)c2)CCCC1. The van der Waals surface area contributed by atoms with Crippen LogP contribution in [0.3, 0.4) is 0 Å². The highest BCUT2D eigenvalue weighted by Gasteiger charge is 2.28. The molecule has 0 unspecified atom stereocenters. The Morgan fingerprint density at radius 1 is 0.354 bits per heavy atom. The second-order valence-electron chi connectivity index (χ2n) is 18.0. The molecule has 0 spiro atoms. The smallest absolute Gasteiger partial charge is 0.0787 e. The van der Waals surface area contributed by atoms with Crippen molar-refractivity contribution in [3.8, 4) is 0 Å². The third-order valence-electron chi connectivity index (χ3n) is 13.3. The number of benzene rings is 2. The van der Waals surface area contributed by atoms with Crippen LogP contribution in [0.5, 0.6) is 0 Å². The molecule has 4 nitrogen and oxygen atoms in total. The summed E-state index contributed by atoms with van der Waals surface area (Å²) >= 11 is 0. The topological polar surface area (TPSA) is 0 Å². The first-order valence-corrected chi connectivity index (χ1v) is 20.6. The molecule has 0 bridgehead atoms. The number of aryl methyl sites for hydroxylation is 4. The zero-order valence-electron chi connectivity index (χ0n) is 32.2. The number of rotatable bonds is 16. The van der Waals surface area contributed by atoms with Crippen LogP contribution in [0.25, 0.3) is 0 Å². The Hall–Kier alpha value is -1.72. The van der Waals surface area contributed by atoms with Crippen molar-refractivity contribution in [2.24, 2.45) is 0 Å². The van der Waals surface area contributed by atoms with Crippen molar-refractivity contribution in [1.29, 1.82) is 0 Å². The third-order valence-corrected chi connectivity index (χ3v) is 13.3. The molecule has 268 valence electrons. The molecule has 0 N–H and O–H groups in total. The van der Waals surface area contributed by atoms with Gasteiger partial charge >= 0.3 is 0 Å². The van der Waals surface area contributed by atoms with E-state index in [0.29, 0.717) is 0 Å². The lowest BCUT2D eigenvalue weighted by Gasteiger charge is -2.29. The Kier molecular flexibility index (Phi) is 14.1. The quantitative estimate of drug-likeness (QED) is 0.160. The molecule has 2 aromatic rings. The van der Waals surface area contributed by atoms with Crippen LogP contribution in [0.2, 0.25) is 0 Å². The lowest BCUT2D eigenvalue weighted by Crippen LogP contribution is -2.41. The summed E-state index contributed by atoms with van der Waals surface area (Å²) in [6.07, 6.45) is 21.9. The molecule has 0 saturated carbocycles. The van der Waals surface area contributed by atoms with Gasteiger partial charge in [0.1, 0.15) is 0 Å². The molecule has 4 heterocycles. The molecule has 0 aliphatic carbocycles. The second kappa shape index (κ2) is 18.0. The molecule has 0 amide bonds. The molecular formula is C44H76N4+4. The fourth-order valence-corrected chi connectivity index (χ4v) is 9.76. The molecule has 4 aliphatic heterocycles. The first-order valence-electron chi connectivity index (χ1n) is 20.6. The van der Waals surface area contributed by atoms with Gasteiger partial charge < -0.3 is 17.9 Å². The van der Waals surface area contributed by atoms with Gasteiger partial charge in [0, 0.05) is 77.0 Å². The van der Waals surface area contributed by atoms with Crippen LogP contribution in [0.1, 0.15) is 99.3 Å². The normalized spacial score (nSPS) is 22.1. The van der Waals surface area contributed by atoms with E-state index in [1.165, 1.54) is 210 Å². The summed E-state index contributed by atoms with van der Waals surface area (Å²) in [6, 6.07) is 19.0. The predicted molar refractivity (Wildman–Crippen MR) is 206 cm³/mol. The Balaban J connectivity index is 0.000000188. The van der Waals surface area contributed by atoms with Gasteiger partial charge in [-0.05, 0) is 47.9 Å². The molecule has 2 aromatic carbocycles. The summed E-state index contributed by atoms with van der Waals surface area (Å²) in [6.45, 7) is 16.6. The van der Waals surface area contributed by atoms with Crippen LogP contribution >= 0.6 is 0 Å². The van der Waals surface area contributed by atoms with E-state index in [4.69, 9.17) is 0 Å². The van der Waals surface area contributed by atoms with Crippen LogP contribution in [0.15, 0.2) is 48.5 Å². The minimum atomic E-state index is 1.25. The molecule has 6 rings (SSSR count). The van der Waals surface area contributed by atoms with Gasteiger partial charge in [0.15, 0.2) is 0 Å². The Morgan fingerprint density at radius 3 is 0.875 bits per heavy atom. The van der Waals surface area contributed by atoms with E-state index >= 15 is 0 Å². The first kappa shape index (κ1) is 37.5. The summed E-state index contributed by atoms with van der Waals surface area (Å²) < 4.78 is 5.26. The van der Waals surface area contributed by atoms with Gasteiger partial charge in [0.05, 0.1) is 107 Å². The molecule has 0 atom stereocenters. The van der Waals surface area contributed by atoms with Gasteiger partial charge in [-0.3, -0.25) is 0 Å². The van der Waals surface area contributed by atoms with Crippen molar-refractivity contribution in [3.63, 3.8) is 0 Å². The first-order chi connectivity index (χ1) is 23.1. The Morgan fingerprint density at radius 2 is 0.604 bits per heavy atom. The number of hydrogen-bond donors (Lipinski definition) is 0. The van der Waals surface area contributed by atoms with Gasteiger partial charge in [-0.2, -0.15) is 0 Å². The van der Waals surface area contributed by atoms with E-state index in [-0.39, 0.29) is 0 Å². The molecule has 4 aliphatic rings. The summed E-state index contributed by atoms with van der Waals surface area (Å²) in [5.41, 5.74) is 6.17. The average Bonchev–Trinajstić information content (AvgIpc) is 3.89. The molecule has 0 radical (unpaired) electrons. The number of likely N-dealkylation sites (tertiary alicyclic amines) is 4. The van der Waals surface area contributed by atoms with Crippen LogP contribution in [-0.4, -0.2) is 125 Å². The third kappa shape index (κ3) is 12.3. The van der Waals surface area contributed by atoms with E-state index in [0.717, 1.165) is 0 Å². The van der Waals surface area contributed by atoms with Gasteiger partial charge in [0.2, 0.25) is 0 Å². The monoisotopic (exact) mass is 661 g/mol. The minimum absolute atomic E-state index is 1.25. The van der Waals surface area contributed by atoms with E-state index in [9.17, 15) is 0 Å². The van der Waals surface area contributed by atoms with Crippen LogP contribution in [0, 0.1) is 0 Å². The van der Waals surface area contributed by atoms with Crippen molar-refractivity contribution < 1.29 is 17.9 Å². The zero-order chi connectivity index (χ0) is 33.8. The molecule has 4 fully saturated rings. The van der Waals surface area contributed by atoms with Crippen LogP contribution < -0.4 is 0 Å². The second-order valence-corrected chi connectivity index (χ2v) is 18.0. The molecular weight excluding hydrogens is 585 g/mol. The number of nitrogens with zero attached hydrogens (tertiary/aromatic N) is 4. The van der Waals surface area contributed by atoms with E-state index in [2.05, 4.69) is 76.7 Å². The highest BCUT2D eigenvalue weighted by atomic mass is 15.4. The Bertz CT molecular complexity index is 1100. The van der Waals surface area contributed by atoms with Gasteiger partial charge in [0.25, 0.3) is 0 Å². The number of quaternary nitrogens is 4. The van der Waals surface area contributed by atoms with Crippen molar-refractivity contribution in [2.75, 3.05) is 107 Å². The molecule has 4 heteroatoms. The lowest BCUT2D eigenvalue weighted by atomic mass is 10.0. The van der Waals surface area contributed by atoms with Crippen molar-refractivity contribution >= 4 is 0 Å². The predicted octanol–water partition coefficient (Wildman–Crippen LogP) is 8.07. The zero-order valence-corrected chi connectivity index (χ0v) is 32.2. The summed E-state index contributed by atoms with van der Waals surface area (Å²) in [7, 11) is 9.79.